The molecule has 2 rings (SSSR count). The normalized spacial score (nSPS) is 18.9. The number of hydrogen-bond donors (Lipinski definition) is 1. The van der Waals surface area contributed by atoms with E-state index >= 15 is 0 Å². The molecule has 1 saturated heterocycles. The average Bonchev–Trinajstić information content (AvgIpc) is 2.93. The van der Waals surface area contributed by atoms with Crippen LogP contribution in [0.5, 0.6) is 0 Å². The van der Waals surface area contributed by atoms with Crippen LogP contribution in [0, 0.1) is 13.8 Å². The van der Waals surface area contributed by atoms with E-state index in [4.69, 9.17) is 5.11 Å². The number of carbonyl (C=O) groups is 2. The van der Waals surface area contributed by atoms with E-state index in [1.807, 2.05) is 26.8 Å². The van der Waals surface area contributed by atoms with Crippen molar-refractivity contribution in [3.05, 3.63) is 23.0 Å². The third-order valence-corrected chi connectivity index (χ3v) is 3.92. The van der Waals surface area contributed by atoms with Crippen molar-refractivity contribution in [2.24, 2.45) is 0 Å². The summed E-state index contributed by atoms with van der Waals surface area (Å²) in [5.41, 5.74) is 2.59. The number of carboxylic acid groups (broad SMARTS) is 1. The lowest BCUT2D eigenvalue weighted by Crippen LogP contribution is -2.40. The van der Waals surface area contributed by atoms with Crippen LogP contribution in [0.4, 0.5) is 0 Å². The highest BCUT2D eigenvalue weighted by Crippen LogP contribution is 2.23. The first-order chi connectivity index (χ1) is 8.97. The van der Waals surface area contributed by atoms with E-state index in [0.717, 1.165) is 24.4 Å². The maximum absolute atomic E-state index is 12.5. The number of hydrogen-bond acceptors (Lipinski definition) is 2. The number of carbonyl (C=O) groups excluding carboxylic acids is 1. The molecular weight excluding hydrogens is 244 g/mol. The molecule has 0 radical (unpaired) electrons. The maximum atomic E-state index is 12.5. The molecule has 1 atom stereocenters. The molecular formula is C14H20N2O3. The molecule has 1 fully saturated rings. The zero-order valence-corrected chi connectivity index (χ0v) is 11.6. The Kier molecular flexibility index (Phi) is 3.64. The molecule has 0 aromatic carbocycles. The second-order valence-electron chi connectivity index (χ2n) is 5.02. The standard InChI is InChI=1S/C14H20N2O3/c1-4-15-9(2)8-11(10(15)3)13(17)16-7-5-6-12(16)14(18)19/h8,12H,4-7H2,1-3H3,(H,18,19)/t12-/m0/s1. The average molecular weight is 264 g/mol. The molecule has 1 aliphatic heterocycles. The highest BCUT2D eigenvalue weighted by atomic mass is 16.4. The van der Waals surface area contributed by atoms with Gasteiger partial charge in [-0.05, 0) is 39.7 Å². The van der Waals surface area contributed by atoms with Crippen LogP contribution in [0.25, 0.3) is 0 Å². The van der Waals surface area contributed by atoms with Crippen LogP contribution in [0.1, 0.15) is 41.5 Å². The van der Waals surface area contributed by atoms with E-state index in [2.05, 4.69) is 4.57 Å². The van der Waals surface area contributed by atoms with Crippen LogP contribution in [-0.2, 0) is 11.3 Å². The van der Waals surface area contributed by atoms with Crippen LogP contribution in [-0.4, -0.2) is 39.0 Å². The zero-order valence-electron chi connectivity index (χ0n) is 11.6. The maximum Gasteiger partial charge on any atom is 0.326 e. The van der Waals surface area contributed by atoms with Crippen molar-refractivity contribution in [3.8, 4) is 0 Å². The van der Waals surface area contributed by atoms with Crippen molar-refractivity contribution in [2.75, 3.05) is 6.54 Å². The summed E-state index contributed by atoms with van der Waals surface area (Å²) < 4.78 is 2.07. The molecule has 0 spiro atoms. The number of carboxylic acids is 1. The molecule has 5 nitrogen and oxygen atoms in total. The first-order valence-electron chi connectivity index (χ1n) is 6.67. The molecule has 0 saturated carbocycles. The third-order valence-electron chi connectivity index (χ3n) is 3.92. The lowest BCUT2D eigenvalue weighted by molar-refractivity contribution is -0.141. The van der Waals surface area contributed by atoms with Gasteiger partial charge in [-0.1, -0.05) is 0 Å². The first-order valence-corrected chi connectivity index (χ1v) is 6.67. The van der Waals surface area contributed by atoms with Gasteiger partial charge in [0.15, 0.2) is 0 Å². The summed E-state index contributed by atoms with van der Waals surface area (Å²) in [6, 6.07) is 1.19. The number of aliphatic carboxylic acids is 1. The summed E-state index contributed by atoms with van der Waals surface area (Å²) in [5, 5.41) is 9.16. The van der Waals surface area contributed by atoms with Crippen molar-refractivity contribution >= 4 is 11.9 Å². The van der Waals surface area contributed by atoms with Crippen LogP contribution >= 0.6 is 0 Å². The zero-order chi connectivity index (χ0) is 14.2. The van der Waals surface area contributed by atoms with Gasteiger partial charge in [-0.15, -0.1) is 0 Å². The van der Waals surface area contributed by atoms with Crippen LogP contribution in [0.2, 0.25) is 0 Å². The summed E-state index contributed by atoms with van der Waals surface area (Å²) in [4.78, 5) is 25.2. The Hall–Kier alpha value is -1.78. The molecule has 0 unspecified atom stereocenters. The van der Waals surface area contributed by atoms with Crippen LogP contribution in [0.3, 0.4) is 0 Å². The second-order valence-corrected chi connectivity index (χ2v) is 5.02. The molecule has 19 heavy (non-hydrogen) atoms. The molecule has 1 amide bonds. The summed E-state index contributed by atoms with van der Waals surface area (Å²) in [6.07, 6.45) is 1.31. The molecule has 0 aliphatic carbocycles. The van der Waals surface area contributed by atoms with E-state index in [1.165, 1.54) is 4.90 Å². The highest BCUT2D eigenvalue weighted by Gasteiger charge is 2.35. The number of rotatable bonds is 3. The van der Waals surface area contributed by atoms with E-state index in [1.54, 1.807) is 0 Å². The van der Waals surface area contributed by atoms with Gasteiger partial charge in [0.25, 0.3) is 5.91 Å². The van der Waals surface area contributed by atoms with Crippen LogP contribution in [0.15, 0.2) is 6.07 Å². The van der Waals surface area contributed by atoms with E-state index < -0.39 is 12.0 Å². The fraction of sp³-hybridized carbons (Fsp3) is 0.571. The van der Waals surface area contributed by atoms with Gasteiger partial charge in [0.05, 0.1) is 5.56 Å². The Bertz CT molecular complexity index is 519. The predicted octanol–water partition coefficient (Wildman–Crippen LogP) is 1.81. The Morgan fingerprint density at radius 3 is 2.63 bits per heavy atom. The minimum Gasteiger partial charge on any atom is -0.480 e. The Labute approximate surface area is 112 Å². The number of aromatic nitrogens is 1. The predicted molar refractivity (Wildman–Crippen MR) is 71.3 cm³/mol. The number of aryl methyl sites for hydroxylation is 1. The second kappa shape index (κ2) is 5.07. The fourth-order valence-electron chi connectivity index (χ4n) is 2.93. The summed E-state index contributed by atoms with van der Waals surface area (Å²) in [5.74, 6) is -1.06. The molecule has 1 aromatic rings. The lowest BCUT2D eigenvalue weighted by atomic mass is 10.2. The molecule has 5 heteroatoms. The molecule has 1 aliphatic rings. The van der Waals surface area contributed by atoms with Gasteiger partial charge in [-0.3, -0.25) is 4.79 Å². The molecule has 0 bridgehead atoms. The topological polar surface area (TPSA) is 62.5 Å². The number of nitrogens with zero attached hydrogens (tertiary/aromatic N) is 2. The van der Waals surface area contributed by atoms with Gasteiger partial charge >= 0.3 is 5.97 Å². The van der Waals surface area contributed by atoms with Gasteiger partial charge < -0.3 is 14.6 Å². The van der Waals surface area contributed by atoms with E-state index in [9.17, 15) is 9.59 Å². The van der Waals surface area contributed by atoms with Crippen molar-refractivity contribution in [1.29, 1.82) is 0 Å². The molecule has 104 valence electrons. The first kappa shape index (κ1) is 13.6. The summed E-state index contributed by atoms with van der Waals surface area (Å²) in [6.45, 7) is 7.25. The largest absolute Gasteiger partial charge is 0.480 e. The Morgan fingerprint density at radius 2 is 2.11 bits per heavy atom. The molecule has 1 N–H and O–H groups in total. The lowest BCUT2D eigenvalue weighted by Gasteiger charge is -2.21. The summed E-state index contributed by atoms with van der Waals surface area (Å²) in [7, 11) is 0. The number of amides is 1. The van der Waals surface area contributed by atoms with Crippen molar-refractivity contribution < 1.29 is 14.7 Å². The van der Waals surface area contributed by atoms with Gasteiger partial charge in [0.1, 0.15) is 6.04 Å². The van der Waals surface area contributed by atoms with Gasteiger partial charge in [-0.25, -0.2) is 4.79 Å². The minimum atomic E-state index is -0.907. The smallest absolute Gasteiger partial charge is 0.326 e. The molecule has 2 heterocycles. The van der Waals surface area contributed by atoms with Gasteiger partial charge in [0.2, 0.25) is 0 Å². The SMILES string of the molecule is CCn1c(C)cc(C(=O)N2CCC[C@H]2C(=O)O)c1C. The van der Waals surface area contributed by atoms with Gasteiger partial charge in [-0.2, -0.15) is 0 Å². The fourth-order valence-corrected chi connectivity index (χ4v) is 2.93. The monoisotopic (exact) mass is 264 g/mol. The van der Waals surface area contributed by atoms with E-state index in [-0.39, 0.29) is 5.91 Å². The van der Waals surface area contributed by atoms with Crippen LogP contribution < -0.4 is 0 Å². The minimum absolute atomic E-state index is 0.155. The Morgan fingerprint density at radius 1 is 1.42 bits per heavy atom. The van der Waals surface area contributed by atoms with E-state index in [0.29, 0.717) is 18.5 Å². The Balaban J connectivity index is 2.32. The van der Waals surface area contributed by atoms with Crippen molar-refractivity contribution in [2.45, 2.75) is 46.2 Å². The van der Waals surface area contributed by atoms with Gasteiger partial charge in [0, 0.05) is 24.5 Å². The third kappa shape index (κ3) is 2.25. The quantitative estimate of drug-likeness (QED) is 0.905. The highest BCUT2D eigenvalue weighted by molar-refractivity contribution is 5.98. The summed E-state index contributed by atoms with van der Waals surface area (Å²) >= 11 is 0. The number of likely N-dealkylation sites (tertiary alicyclic amines) is 1. The van der Waals surface area contributed by atoms with Crippen molar-refractivity contribution in [1.82, 2.24) is 9.47 Å². The molecule has 1 aromatic heterocycles. The van der Waals surface area contributed by atoms with Crippen molar-refractivity contribution in [3.63, 3.8) is 0 Å².